The zero-order chi connectivity index (χ0) is 40.1. The van der Waals surface area contributed by atoms with Crippen molar-refractivity contribution in [3.8, 4) is 0 Å². The van der Waals surface area contributed by atoms with E-state index in [0.29, 0.717) is 19.3 Å². The van der Waals surface area contributed by atoms with Crippen LogP contribution in [0.2, 0.25) is 0 Å². The quantitative estimate of drug-likeness (QED) is 0.0348. The van der Waals surface area contributed by atoms with Crippen LogP contribution in [0.5, 0.6) is 0 Å². The second kappa shape index (κ2) is 45.1. The van der Waals surface area contributed by atoms with Gasteiger partial charge in [0.2, 0.25) is 0 Å². The summed E-state index contributed by atoms with van der Waals surface area (Å²) < 4.78 is 16.7. The number of unbranched alkanes of at least 4 members (excludes halogenated alkanes) is 34. The zero-order valence-corrected chi connectivity index (χ0v) is 37.2. The Balaban J connectivity index is 4.16. The van der Waals surface area contributed by atoms with E-state index >= 15 is 0 Å². The van der Waals surface area contributed by atoms with Crippen LogP contribution in [0, 0.1) is 0 Å². The van der Waals surface area contributed by atoms with Gasteiger partial charge in [-0.05, 0) is 19.3 Å². The predicted octanol–water partition coefficient (Wildman–Crippen LogP) is 15.6. The Bertz CT molecular complexity index is 813. The van der Waals surface area contributed by atoms with E-state index in [9.17, 15) is 14.4 Å². The molecule has 0 rings (SSSR count). The Hall–Kier alpha value is -1.59. The van der Waals surface area contributed by atoms with Crippen LogP contribution >= 0.6 is 0 Å². The van der Waals surface area contributed by atoms with Crippen LogP contribution in [0.3, 0.4) is 0 Å². The summed E-state index contributed by atoms with van der Waals surface area (Å²) in [6, 6.07) is 0. The summed E-state index contributed by atoms with van der Waals surface area (Å²) >= 11 is 0. The maximum absolute atomic E-state index is 12.7. The molecule has 0 saturated carbocycles. The molecule has 0 N–H and O–H groups in total. The fourth-order valence-electron chi connectivity index (χ4n) is 7.38. The van der Waals surface area contributed by atoms with Crippen molar-refractivity contribution in [3.63, 3.8) is 0 Å². The van der Waals surface area contributed by atoms with Crippen LogP contribution in [-0.2, 0) is 28.6 Å². The first-order chi connectivity index (χ1) is 27.0. The summed E-state index contributed by atoms with van der Waals surface area (Å²) in [4.78, 5) is 37.7. The first-order valence-corrected chi connectivity index (χ1v) is 24.5. The van der Waals surface area contributed by atoms with Gasteiger partial charge in [-0.1, -0.05) is 239 Å². The average molecular weight is 779 g/mol. The average Bonchev–Trinajstić information content (AvgIpc) is 3.18. The Labute approximate surface area is 342 Å². The summed E-state index contributed by atoms with van der Waals surface area (Å²) in [7, 11) is 0. The number of esters is 3. The number of ether oxygens (including phenoxy) is 3. The molecule has 6 nitrogen and oxygen atoms in total. The maximum Gasteiger partial charge on any atom is 0.306 e. The highest BCUT2D eigenvalue weighted by molar-refractivity contribution is 5.71. The minimum absolute atomic E-state index is 0.0627. The Morgan fingerprint density at radius 2 is 0.491 bits per heavy atom. The van der Waals surface area contributed by atoms with Crippen molar-refractivity contribution in [2.24, 2.45) is 0 Å². The van der Waals surface area contributed by atoms with E-state index in [2.05, 4.69) is 20.8 Å². The first-order valence-electron chi connectivity index (χ1n) is 24.5. The lowest BCUT2D eigenvalue weighted by atomic mass is 10.0. The van der Waals surface area contributed by atoms with Gasteiger partial charge in [0.05, 0.1) is 0 Å². The third-order valence-corrected chi connectivity index (χ3v) is 11.1. The number of hydrogen-bond acceptors (Lipinski definition) is 6. The second-order valence-corrected chi connectivity index (χ2v) is 16.7. The molecule has 0 aromatic heterocycles. The third kappa shape index (κ3) is 43.4. The second-order valence-electron chi connectivity index (χ2n) is 16.7. The van der Waals surface area contributed by atoms with Gasteiger partial charge in [0.1, 0.15) is 13.2 Å². The standard InChI is InChI=1S/C49H94O6/c1-4-7-10-13-16-19-20-21-22-23-24-25-26-27-28-31-33-36-39-42-48(51)54-45-46(55-49(52)43-40-37-34-30-18-15-12-9-6-3)44-53-47(50)41-38-35-32-29-17-14-11-8-5-2/h46H,4-45H2,1-3H3/t46-/m1/s1. The van der Waals surface area contributed by atoms with Crippen LogP contribution in [-0.4, -0.2) is 37.2 Å². The summed E-state index contributed by atoms with van der Waals surface area (Å²) in [6.45, 7) is 6.63. The first kappa shape index (κ1) is 53.4. The highest BCUT2D eigenvalue weighted by Gasteiger charge is 2.19. The number of carbonyl (C=O) groups is 3. The lowest BCUT2D eigenvalue weighted by Gasteiger charge is -2.18. The predicted molar refractivity (Wildman–Crippen MR) is 233 cm³/mol. The topological polar surface area (TPSA) is 78.9 Å². The SMILES string of the molecule is CCCCCCCCCCCCCCCCCCCCCC(=O)OC[C@@H](COC(=O)CCCCCCCCCCC)OC(=O)CCCCCCCCCCC. The van der Waals surface area contributed by atoms with E-state index in [1.807, 2.05) is 0 Å². The van der Waals surface area contributed by atoms with E-state index < -0.39 is 6.10 Å². The van der Waals surface area contributed by atoms with Gasteiger partial charge in [-0.25, -0.2) is 0 Å². The van der Waals surface area contributed by atoms with Crippen LogP contribution in [0.25, 0.3) is 0 Å². The molecule has 0 aliphatic carbocycles. The van der Waals surface area contributed by atoms with Crippen molar-refractivity contribution in [2.45, 2.75) is 284 Å². The molecule has 0 aliphatic rings. The third-order valence-electron chi connectivity index (χ3n) is 11.1. The molecule has 0 aliphatic heterocycles. The van der Waals surface area contributed by atoms with E-state index in [4.69, 9.17) is 14.2 Å². The molecular formula is C49H94O6. The van der Waals surface area contributed by atoms with E-state index in [-0.39, 0.29) is 31.1 Å². The highest BCUT2D eigenvalue weighted by atomic mass is 16.6. The minimum atomic E-state index is -0.757. The lowest BCUT2D eigenvalue weighted by molar-refractivity contribution is -0.167. The van der Waals surface area contributed by atoms with Crippen molar-refractivity contribution >= 4 is 17.9 Å². The molecule has 0 bridgehead atoms. The summed E-state index contributed by atoms with van der Waals surface area (Å²) in [6.07, 6.45) is 46.7. The maximum atomic E-state index is 12.7. The van der Waals surface area contributed by atoms with Crippen molar-refractivity contribution in [1.82, 2.24) is 0 Å². The van der Waals surface area contributed by atoms with Crippen LogP contribution in [0.4, 0.5) is 0 Å². The molecular weight excluding hydrogens is 685 g/mol. The van der Waals surface area contributed by atoms with Gasteiger partial charge in [0, 0.05) is 19.3 Å². The number of hydrogen-bond donors (Lipinski definition) is 0. The van der Waals surface area contributed by atoms with Gasteiger partial charge in [-0.15, -0.1) is 0 Å². The summed E-state index contributed by atoms with van der Waals surface area (Å²) in [5, 5.41) is 0. The summed E-state index contributed by atoms with van der Waals surface area (Å²) in [5.41, 5.74) is 0. The van der Waals surface area contributed by atoms with Gasteiger partial charge >= 0.3 is 17.9 Å². The highest BCUT2D eigenvalue weighted by Crippen LogP contribution is 2.16. The fourth-order valence-corrected chi connectivity index (χ4v) is 7.38. The number of carbonyl (C=O) groups excluding carboxylic acids is 3. The van der Waals surface area contributed by atoms with Gasteiger partial charge in [-0.2, -0.15) is 0 Å². The van der Waals surface area contributed by atoms with E-state index in [0.717, 1.165) is 57.8 Å². The van der Waals surface area contributed by atoms with Crippen molar-refractivity contribution in [1.29, 1.82) is 0 Å². The molecule has 0 radical (unpaired) electrons. The van der Waals surface area contributed by atoms with Gasteiger partial charge in [0.15, 0.2) is 6.10 Å². The molecule has 0 amide bonds. The minimum Gasteiger partial charge on any atom is -0.462 e. The van der Waals surface area contributed by atoms with Crippen LogP contribution in [0.1, 0.15) is 278 Å². The molecule has 326 valence electrons. The largest absolute Gasteiger partial charge is 0.462 e. The zero-order valence-electron chi connectivity index (χ0n) is 37.2. The normalized spacial score (nSPS) is 11.8. The van der Waals surface area contributed by atoms with Crippen molar-refractivity contribution in [2.75, 3.05) is 13.2 Å². The van der Waals surface area contributed by atoms with Crippen LogP contribution in [0.15, 0.2) is 0 Å². The van der Waals surface area contributed by atoms with E-state index in [1.54, 1.807) is 0 Å². The number of rotatable bonds is 45. The summed E-state index contributed by atoms with van der Waals surface area (Å²) in [5.74, 6) is -0.853. The molecule has 0 saturated heterocycles. The van der Waals surface area contributed by atoms with Crippen molar-refractivity contribution < 1.29 is 28.6 Å². The fraction of sp³-hybridized carbons (Fsp3) is 0.939. The van der Waals surface area contributed by atoms with Gasteiger partial charge < -0.3 is 14.2 Å². The molecule has 0 unspecified atom stereocenters. The molecule has 0 spiro atoms. The smallest absolute Gasteiger partial charge is 0.306 e. The molecule has 6 heteroatoms. The molecule has 0 heterocycles. The monoisotopic (exact) mass is 779 g/mol. The molecule has 0 fully saturated rings. The Morgan fingerprint density at radius 3 is 0.727 bits per heavy atom. The van der Waals surface area contributed by atoms with Gasteiger partial charge in [0.25, 0.3) is 0 Å². The molecule has 1 atom stereocenters. The Morgan fingerprint density at radius 1 is 0.291 bits per heavy atom. The van der Waals surface area contributed by atoms with Crippen LogP contribution < -0.4 is 0 Å². The van der Waals surface area contributed by atoms with Gasteiger partial charge in [-0.3, -0.25) is 14.4 Å². The van der Waals surface area contributed by atoms with E-state index in [1.165, 1.54) is 180 Å². The van der Waals surface area contributed by atoms with Crippen molar-refractivity contribution in [3.05, 3.63) is 0 Å². The molecule has 0 aromatic carbocycles. The molecule has 0 aromatic rings. The Kier molecular flexibility index (Phi) is 43.8. The molecule has 55 heavy (non-hydrogen) atoms. The lowest BCUT2D eigenvalue weighted by Crippen LogP contribution is -2.30.